The monoisotopic (exact) mass is 798 g/mol. The molecule has 4 nitrogen and oxygen atoms in total. The second kappa shape index (κ2) is 15.2. The van der Waals surface area contributed by atoms with Gasteiger partial charge in [0.2, 0.25) is 0 Å². The fourth-order valence-electron chi connectivity index (χ4n) is 7.47. The van der Waals surface area contributed by atoms with E-state index in [2.05, 4.69) is 24.3 Å². The van der Waals surface area contributed by atoms with Gasteiger partial charge < -0.3 is 4.90 Å². The number of hydrogen-bond acceptors (Lipinski definition) is 5. The summed E-state index contributed by atoms with van der Waals surface area (Å²) in [7, 11) is 0. The number of aromatic nitrogens is 3. The number of nitrogens with zero attached hydrogens (tertiary/aromatic N) is 4. The van der Waals surface area contributed by atoms with Crippen LogP contribution in [0.15, 0.2) is 218 Å². The van der Waals surface area contributed by atoms with Gasteiger partial charge in [0.15, 0.2) is 17.5 Å². The first-order valence-corrected chi connectivity index (χ1v) is 19.8. The molecule has 0 aliphatic rings. The van der Waals surface area contributed by atoms with E-state index in [1.54, 1.807) is 12.1 Å². The van der Waals surface area contributed by atoms with Crippen LogP contribution < -0.4 is 4.90 Å². The number of hydrogen-bond donors (Lipinski definition) is 0. The summed E-state index contributed by atoms with van der Waals surface area (Å²) >= 11 is 1.48. The highest BCUT2D eigenvalue weighted by molar-refractivity contribution is 7.26. The molecule has 11 aromatic rings. The number of thiophene rings is 1. The maximum atomic E-state index is 9.40. The predicted molar refractivity (Wildman–Crippen MR) is 252 cm³/mol. The van der Waals surface area contributed by atoms with Gasteiger partial charge in [-0.3, -0.25) is 0 Å². The summed E-state index contributed by atoms with van der Waals surface area (Å²) in [5, 5.41) is 3.71. The summed E-state index contributed by atoms with van der Waals surface area (Å²) < 4.78 is 125. The molecule has 11 rings (SSSR count). The summed E-state index contributed by atoms with van der Waals surface area (Å²) in [6, 6.07) is 32.2. The van der Waals surface area contributed by atoms with Crippen molar-refractivity contribution in [3.05, 3.63) is 218 Å². The normalized spacial score (nSPS) is 14.6. The molecule has 60 heavy (non-hydrogen) atoms. The predicted octanol–water partition coefficient (Wildman–Crippen LogP) is 15.2. The molecule has 0 amide bonds. The fraction of sp³-hybridized carbons (Fsp3) is 0. The molecular formula is C55H36N4S. The molecule has 0 fully saturated rings. The Morgan fingerprint density at radius 3 is 1.55 bits per heavy atom. The van der Waals surface area contributed by atoms with Crippen LogP contribution in [-0.4, -0.2) is 15.0 Å². The van der Waals surface area contributed by atoms with Crippen molar-refractivity contribution >= 4 is 59.3 Å². The van der Waals surface area contributed by atoms with Crippen molar-refractivity contribution in [1.29, 1.82) is 0 Å². The van der Waals surface area contributed by atoms with Gasteiger partial charge in [0.05, 0.1) is 19.2 Å². The first-order chi connectivity index (χ1) is 35.6. The second-order valence-corrected chi connectivity index (χ2v) is 14.8. The van der Waals surface area contributed by atoms with E-state index in [0.717, 1.165) is 58.8 Å². The van der Waals surface area contributed by atoms with Crippen LogP contribution in [0.3, 0.4) is 0 Å². The first kappa shape index (κ1) is 23.6. The van der Waals surface area contributed by atoms with Crippen LogP contribution >= 0.6 is 11.3 Å². The van der Waals surface area contributed by atoms with E-state index < -0.39 is 102 Å². The molecule has 2 aromatic heterocycles. The average molecular weight is 799 g/mol. The van der Waals surface area contributed by atoms with Crippen LogP contribution in [0.25, 0.3) is 87.4 Å². The summed E-state index contributed by atoms with van der Waals surface area (Å²) in [6.45, 7) is 0. The number of rotatable bonds is 8. The van der Waals surface area contributed by atoms with Crippen LogP contribution in [0.4, 0.5) is 17.1 Å². The summed E-state index contributed by atoms with van der Waals surface area (Å²) in [5.74, 6) is 1.61. The highest BCUT2D eigenvalue weighted by Gasteiger charge is 2.19. The third kappa shape index (κ3) is 6.48. The Labute approximate surface area is 372 Å². The van der Waals surface area contributed by atoms with Crippen LogP contribution in [-0.2, 0) is 0 Å². The van der Waals surface area contributed by atoms with Crippen molar-refractivity contribution in [3.8, 4) is 56.4 Å². The standard InChI is InChI=1S/C55H36N4S/c1-5-16-38(17-6-1)53-56-54(39-18-7-2-8-19-39)58-55(57-53)48-35-34-46(44-24-13-14-25-45(44)48)47-26-15-27-50-52(47)49-33-30-40(36-51(49)60-50)37-28-31-43(32-29-37)59(41-20-9-3-10-21-41)42-22-11-4-12-23-42/h1-36H/i3D,4D,9D,10D,11D,12D,20D,21D,22D,23D,28D,29D,31D,32D. The van der Waals surface area contributed by atoms with Crippen molar-refractivity contribution in [1.82, 2.24) is 15.0 Å². The minimum absolute atomic E-state index is 0.115. The second-order valence-electron chi connectivity index (χ2n) is 13.7. The largest absolute Gasteiger partial charge is 0.311 e. The van der Waals surface area contributed by atoms with E-state index >= 15 is 0 Å². The fourth-order valence-corrected chi connectivity index (χ4v) is 8.64. The Kier molecular flexibility index (Phi) is 5.99. The third-order valence-electron chi connectivity index (χ3n) is 10.2. The third-order valence-corrected chi connectivity index (χ3v) is 11.3. The van der Waals surface area contributed by atoms with E-state index in [-0.39, 0.29) is 5.56 Å². The van der Waals surface area contributed by atoms with Crippen molar-refractivity contribution in [2.75, 3.05) is 4.90 Å². The Hall–Kier alpha value is -7.73. The van der Waals surface area contributed by atoms with Gasteiger partial charge in [0.1, 0.15) is 0 Å². The number of para-hydroxylation sites is 2. The molecule has 5 heteroatoms. The zero-order chi connectivity index (χ0) is 52.0. The van der Waals surface area contributed by atoms with E-state index in [4.69, 9.17) is 28.7 Å². The highest BCUT2D eigenvalue weighted by Crippen LogP contribution is 2.45. The minimum Gasteiger partial charge on any atom is -0.311 e. The smallest absolute Gasteiger partial charge is 0.164 e. The summed E-state index contributed by atoms with van der Waals surface area (Å²) in [6.07, 6.45) is 0. The van der Waals surface area contributed by atoms with Gasteiger partial charge in [0, 0.05) is 53.9 Å². The molecule has 2 heterocycles. The van der Waals surface area contributed by atoms with Crippen LogP contribution in [0.2, 0.25) is 0 Å². The lowest BCUT2D eigenvalue weighted by molar-refractivity contribution is 1.08. The Morgan fingerprint density at radius 2 is 0.917 bits per heavy atom. The van der Waals surface area contributed by atoms with Crippen LogP contribution in [0.1, 0.15) is 19.2 Å². The maximum Gasteiger partial charge on any atom is 0.164 e. The molecule has 0 spiro atoms. The van der Waals surface area contributed by atoms with Crippen LogP contribution in [0.5, 0.6) is 0 Å². The van der Waals surface area contributed by atoms with Crippen LogP contribution in [0, 0.1) is 0 Å². The molecule has 0 aliphatic carbocycles. The number of fused-ring (bicyclic) bond motifs is 4. The Morgan fingerprint density at radius 1 is 0.367 bits per heavy atom. The van der Waals surface area contributed by atoms with E-state index in [0.29, 0.717) is 27.9 Å². The van der Waals surface area contributed by atoms with E-state index in [1.807, 2.05) is 97.1 Å². The van der Waals surface area contributed by atoms with Gasteiger partial charge in [-0.15, -0.1) is 11.3 Å². The molecule has 0 radical (unpaired) electrons. The maximum absolute atomic E-state index is 9.40. The molecule has 0 unspecified atom stereocenters. The van der Waals surface area contributed by atoms with Gasteiger partial charge in [-0.25, -0.2) is 15.0 Å². The minimum atomic E-state index is -0.861. The molecule has 282 valence electrons. The lowest BCUT2D eigenvalue weighted by Crippen LogP contribution is -2.09. The molecule has 0 aliphatic heterocycles. The van der Waals surface area contributed by atoms with Gasteiger partial charge in [-0.05, 0) is 87.5 Å². The van der Waals surface area contributed by atoms with Crippen molar-refractivity contribution in [2.24, 2.45) is 0 Å². The molecule has 0 bridgehead atoms. The van der Waals surface area contributed by atoms with Gasteiger partial charge in [0.25, 0.3) is 0 Å². The average Bonchev–Trinajstić information content (AvgIpc) is 3.82. The number of benzene rings is 9. The molecule has 0 N–H and O–H groups in total. The lowest BCUT2D eigenvalue weighted by atomic mass is 9.92. The molecule has 9 aromatic carbocycles. The quantitative estimate of drug-likeness (QED) is 0.154. The number of anilines is 3. The van der Waals surface area contributed by atoms with E-state index in [1.165, 1.54) is 11.3 Å². The Balaban J connectivity index is 1.06. The SMILES string of the molecule is [2H]c1c([2H])c([2H])c(N(c2c([2H])c([2H])c([2H])c([2H])c2[2H])c2c([2H])c([2H])c(-c3ccc4c(c3)sc3cccc(-c5ccc(-c6nc(-c7ccccc7)nc(-c7ccccc7)n6)c6ccccc56)c34)c([2H])c2[2H])c([2H])c1[2H]. The summed E-state index contributed by atoms with van der Waals surface area (Å²) in [5.41, 5.74) is 2.50. The first-order valence-electron chi connectivity index (χ1n) is 26.0. The highest BCUT2D eigenvalue weighted by atomic mass is 32.1. The molecule has 0 saturated carbocycles. The zero-order valence-corrected chi connectivity index (χ0v) is 32.2. The van der Waals surface area contributed by atoms with Crippen molar-refractivity contribution in [3.63, 3.8) is 0 Å². The zero-order valence-electron chi connectivity index (χ0n) is 45.4. The topological polar surface area (TPSA) is 41.9 Å². The summed E-state index contributed by atoms with van der Waals surface area (Å²) in [4.78, 5) is 15.6. The van der Waals surface area contributed by atoms with Crippen molar-refractivity contribution in [2.45, 2.75) is 0 Å². The van der Waals surface area contributed by atoms with Gasteiger partial charge in [-0.1, -0.05) is 164 Å². The molecule has 0 atom stereocenters. The van der Waals surface area contributed by atoms with E-state index in [9.17, 15) is 5.48 Å². The lowest BCUT2D eigenvalue weighted by Gasteiger charge is -2.25. The van der Waals surface area contributed by atoms with Crippen molar-refractivity contribution < 1.29 is 19.2 Å². The van der Waals surface area contributed by atoms with Gasteiger partial charge in [-0.2, -0.15) is 0 Å². The Bertz CT molecular complexity index is 3940. The molecule has 0 saturated heterocycles. The molecular weight excluding hydrogens is 749 g/mol. The van der Waals surface area contributed by atoms with Gasteiger partial charge >= 0.3 is 0 Å².